The van der Waals surface area contributed by atoms with Crippen molar-refractivity contribution in [1.82, 2.24) is 0 Å². The van der Waals surface area contributed by atoms with Crippen molar-refractivity contribution in [2.24, 2.45) is 0 Å². The van der Waals surface area contributed by atoms with Crippen molar-refractivity contribution in [1.29, 1.82) is 0 Å². The third kappa shape index (κ3) is 3.38. The van der Waals surface area contributed by atoms with Crippen LogP contribution in [0.1, 0.15) is 31.8 Å². The lowest BCUT2D eigenvalue weighted by Gasteiger charge is -2.14. The quantitative estimate of drug-likeness (QED) is 0.762. The molecule has 3 N–H and O–H groups in total. The molecule has 0 aliphatic heterocycles. The van der Waals surface area contributed by atoms with Crippen LogP contribution in [-0.2, 0) is 10.0 Å². The number of hydrogen-bond acceptors (Lipinski definition) is 4. The maximum atomic E-state index is 12.5. The summed E-state index contributed by atoms with van der Waals surface area (Å²) in [7, 11) is -4.06. The number of carbonyl (C=O) groups is 2. The Kier molecular flexibility index (Phi) is 4.61. The van der Waals surface area contributed by atoms with E-state index in [0.29, 0.717) is 16.8 Å². The average molecular weight is 349 g/mol. The largest absolute Gasteiger partial charge is 0.478 e. The number of aryl methyl sites for hydroxylation is 2. The Bertz CT molecular complexity index is 913. The topological polar surface area (TPSA) is 121 Å². The van der Waals surface area contributed by atoms with Gasteiger partial charge in [0, 0.05) is 0 Å². The van der Waals surface area contributed by atoms with Crippen LogP contribution in [0, 0.1) is 13.8 Å². The molecule has 0 spiro atoms. The Morgan fingerprint density at radius 3 is 1.96 bits per heavy atom. The number of carboxylic acids is 2. The van der Waals surface area contributed by atoms with Crippen molar-refractivity contribution < 1.29 is 28.2 Å². The molecule has 8 heteroatoms. The lowest BCUT2D eigenvalue weighted by molar-refractivity contribution is 0.0651. The van der Waals surface area contributed by atoms with E-state index in [0.717, 1.165) is 18.2 Å². The Labute approximate surface area is 138 Å². The first kappa shape index (κ1) is 17.5. The summed E-state index contributed by atoms with van der Waals surface area (Å²) >= 11 is 0. The molecule has 0 atom stereocenters. The molecule has 0 saturated carbocycles. The van der Waals surface area contributed by atoms with Gasteiger partial charge in [0.25, 0.3) is 10.0 Å². The first-order valence-electron chi connectivity index (χ1n) is 6.83. The number of carboxylic acid groups (broad SMARTS) is 2. The number of sulfonamides is 1. The van der Waals surface area contributed by atoms with Crippen molar-refractivity contribution in [2.75, 3.05) is 4.72 Å². The maximum absolute atomic E-state index is 12.5. The number of nitrogens with one attached hydrogen (secondary N) is 1. The molecule has 7 nitrogen and oxygen atoms in total. The Balaban J connectivity index is 2.52. The Morgan fingerprint density at radius 2 is 1.46 bits per heavy atom. The first-order chi connectivity index (χ1) is 11.1. The summed E-state index contributed by atoms with van der Waals surface area (Å²) in [5.41, 5.74) is 0.746. The van der Waals surface area contributed by atoms with Crippen LogP contribution < -0.4 is 4.72 Å². The standard InChI is InChI=1S/C16H15NO6S/c1-9-4-3-5-10(2)14(9)17-24(22,23)11-6-7-12(15(18)19)13(8-11)16(20)21/h3-8,17H,1-2H3,(H,18,19)(H,20,21). The number of hydrogen-bond donors (Lipinski definition) is 3. The van der Waals surface area contributed by atoms with E-state index in [4.69, 9.17) is 10.2 Å². The number of anilines is 1. The minimum Gasteiger partial charge on any atom is -0.478 e. The molecule has 0 fully saturated rings. The van der Waals surface area contributed by atoms with Crippen LogP contribution in [0.5, 0.6) is 0 Å². The fraction of sp³-hybridized carbons (Fsp3) is 0.125. The highest BCUT2D eigenvalue weighted by molar-refractivity contribution is 7.92. The van der Waals surface area contributed by atoms with Gasteiger partial charge in [0.15, 0.2) is 0 Å². The van der Waals surface area contributed by atoms with Crippen LogP contribution in [0.15, 0.2) is 41.3 Å². The van der Waals surface area contributed by atoms with Crippen LogP contribution in [0.25, 0.3) is 0 Å². The molecule has 24 heavy (non-hydrogen) atoms. The van der Waals surface area contributed by atoms with Gasteiger partial charge in [-0.3, -0.25) is 4.72 Å². The third-order valence-electron chi connectivity index (χ3n) is 3.48. The molecule has 0 aromatic heterocycles. The maximum Gasteiger partial charge on any atom is 0.336 e. The molecule has 0 aliphatic carbocycles. The summed E-state index contributed by atoms with van der Waals surface area (Å²) in [6.07, 6.45) is 0. The van der Waals surface area contributed by atoms with Crippen LogP contribution in [-0.4, -0.2) is 30.6 Å². The first-order valence-corrected chi connectivity index (χ1v) is 8.31. The molecule has 0 radical (unpaired) electrons. The summed E-state index contributed by atoms with van der Waals surface area (Å²) in [6, 6.07) is 8.12. The van der Waals surface area contributed by atoms with Crippen molar-refractivity contribution in [3.05, 3.63) is 58.7 Å². The fourth-order valence-electron chi connectivity index (χ4n) is 2.22. The molecule has 2 rings (SSSR count). The third-order valence-corrected chi connectivity index (χ3v) is 4.83. The van der Waals surface area contributed by atoms with Gasteiger partial charge >= 0.3 is 11.9 Å². The van der Waals surface area contributed by atoms with Gasteiger partial charge < -0.3 is 10.2 Å². The minimum atomic E-state index is -4.06. The van der Waals surface area contributed by atoms with Crippen LogP contribution in [0.4, 0.5) is 5.69 Å². The zero-order chi connectivity index (χ0) is 18.1. The predicted molar refractivity (Wildman–Crippen MR) is 87.1 cm³/mol. The summed E-state index contributed by atoms with van der Waals surface area (Å²) in [5.74, 6) is -2.96. The molecular weight excluding hydrogens is 334 g/mol. The van der Waals surface area contributed by atoms with Crippen LogP contribution in [0.3, 0.4) is 0 Å². The molecule has 0 bridgehead atoms. The van der Waals surface area contributed by atoms with Crippen molar-refractivity contribution in [3.63, 3.8) is 0 Å². The number of aromatic carboxylic acids is 2. The zero-order valence-corrected chi connectivity index (χ0v) is 13.7. The second-order valence-corrected chi connectivity index (χ2v) is 6.87. The van der Waals surface area contributed by atoms with Gasteiger partial charge in [0.2, 0.25) is 0 Å². The van der Waals surface area contributed by atoms with E-state index in [1.165, 1.54) is 0 Å². The molecule has 0 aliphatic rings. The highest BCUT2D eigenvalue weighted by atomic mass is 32.2. The zero-order valence-electron chi connectivity index (χ0n) is 12.9. The summed E-state index contributed by atoms with van der Waals surface area (Å²) < 4.78 is 27.4. The Morgan fingerprint density at radius 1 is 0.917 bits per heavy atom. The molecule has 2 aromatic carbocycles. The number of para-hydroxylation sites is 1. The summed E-state index contributed by atoms with van der Waals surface area (Å²) in [4.78, 5) is 21.9. The normalized spacial score (nSPS) is 11.1. The molecule has 2 aromatic rings. The monoisotopic (exact) mass is 349 g/mol. The van der Waals surface area contributed by atoms with E-state index in [9.17, 15) is 18.0 Å². The van der Waals surface area contributed by atoms with Gasteiger partial charge in [0.05, 0.1) is 21.7 Å². The van der Waals surface area contributed by atoms with Gasteiger partial charge in [-0.2, -0.15) is 0 Å². The molecule has 126 valence electrons. The van der Waals surface area contributed by atoms with E-state index >= 15 is 0 Å². The van der Waals surface area contributed by atoms with E-state index in [-0.39, 0.29) is 4.90 Å². The second kappa shape index (κ2) is 6.32. The van der Waals surface area contributed by atoms with E-state index in [2.05, 4.69) is 4.72 Å². The highest BCUT2D eigenvalue weighted by Crippen LogP contribution is 2.24. The number of benzene rings is 2. The van der Waals surface area contributed by atoms with Crippen molar-refractivity contribution in [2.45, 2.75) is 18.7 Å². The van der Waals surface area contributed by atoms with Gasteiger partial charge in [-0.15, -0.1) is 0 Å². The number of rotatable bonds is 5. The molecule has 0 heterocycles. The molecule has 0 saturated heterocycles. The van der Waals surface area contributed by atoms with Gasteiger partial charge in [-0.25, -0.2) is 18.0 Å². The smallest absolute Gasteiger partial charge is 0.336 e. The average Bonchev–Trinajstić information content (AvgIpc) is 2.50. The van der Waals surface area contributed by atoms with Gasteiger partial charge in [0.1, 0.15) is 0 Å². The van der Waals surface area contributed by atoms with Gasteiger partial charge in [-0.1, -0.05) is 18.2 Å². The Hall–Kier alpha value is -2.87. The lowest BCUT2D eigenvalue weighted by Crippen LogP contribution is -2.16. The predicted octanol–water partition coefficient (Wildman–Crippen LogP) is 2.50. The van der Waals surface area contributed by atoms with Crippen molar-refractivity contribution >= 4 is 27.6 Å². The van der Waals surface area contributed by atoms with Crippen LogP contribution in [0.2, 0.25) is 0 Å². The molecular formula is C16H15NO6S. The summed E-state index contributed by atoms with van der Waals surface area (Å²) in [5, 5.41) is 18.1. The molecule has 0 amide bonds. The van der Waals surface area contributed by atoms with E-state index in [1.807, 2.05) is 0 Å². The van der Waals surface area contributed by atoms with Crippen molar-refractivity contribution in [3.8, 4) is 0 Å². The van der Waals surface area contributed by atoms with Crippen LogP contribution >= 0.6 is 0 Å². The fourth-order valence-corrected chi connectivity index (χ4v) is 3.45. The molecule has 0 unspecified atom stereocenters. The SMILES string of the molecule is Cc1cccc(C)c1NS(=O)(=O)c1ccc(C(=O)O)c(C(=O)O)c1. The highest BCUT2D eigenvalue weighted by Gasteiger charge is 2.22. The van der Waals surface area contributed by atoms with E-state index in [1.54, 1.807) is 32.0 Å². The lowest BCUT2D eigenvalue weighted by atomic mass is 10.1. The second-order valence-electron chi connectivity index (χ2n) is 5.19. The summed E-state index contributed by atoms with van der Waals surface area (Å²) in [6.45, 7) is 3.47. The van der Waals surface area contributed by atoms with E-state index < -0.39 is 33.1 Å². The van der Waals surface area contributed by atoms with Gasteiger partial charge in [-0.05, 0) is 43.2 Å². The minimum absolute atomic E-state index is 0.326.